The average Bonchev–Trinajstić information content (AvgIpc) is 3.30. The van der Waals surface area contributed by atoms with E-state index in [2.05, 4.69) is 20.5 Å². The molecule has 1 aliphatic rings. The van der Waals surface area contributed by atoms with Gasteiger partial charge in [-0.3, -0.25) is 9.59 Å². The van der Waals surface area contributed by atoms with Crippen LogP contribution >= 0.6 is 0 Å². The largest absolute Gasteiger partial charge is 0.310 e. The standard InChI is InChI=1S/C23H23F2N5O2/c1-13(2)30-12-26-29-21(30)18-5-4-6-20(27-18)28-22(32)16-10-15(14(3)9-17(16)24)11-19(31)23(25)7-8-23/h4-6,9-10,12-13H,7-8,11H2,1-3H3,(H,27,28,32). The lowest BCUT2D eigenvalue weighted by atomic mass is 9.97. The number of alkyl halides is 1. The molecule has 2 aromatic heterocycles. The summed E-state index contributed by atoms with van der Waals surface area (Å²) in [6, 6.07) is 7.62. The van der Waals surface area contributed by atoms with Gasteiger partial charge in [-0.25, -0.2) is 13.8 Å². The van der Waals surface area contributed by atoms with E-state index in [4.69, 9.17) is 0 Å². The smallest absolute Gasteiger partial charge is 0.259 e. The van der Waals surface area contributed by atoms with E-state index < -0.39 is 23.2 Å². The number of aromatic nitrogens is 4. The van der Waals surface area contributed by atoms with E-state index in [1.54, 1.807) is 31.5 Å². The van der Waals surface area contributed by atoms with Gasteiger partial charge in [0.1, 0.15) is 23.7 Å². The summed E-state index contributed by atoms with van der Waals surface area (Å²) in [5.41, 5.74) is -0.589. The summed E-state index contributed by atoms with van der Waals surface area (Å²) >= 11 is 0. The molecule has 7 nitrogen and oxygen atoms in total. The van der Waals surface area contributed by atoms with Crippen LogP contribution in [0.2, 0.25) is 0 Å². The first-order valence-corrected chi connectivity index (χ1v) is 10.4. The normalized spacial score (nSPS) is 14.4. The van der Waals surface area contributed by atoms with Gasteiger partial charge in [-0.1, -0.05) is 6.07 Å². The number of aryl methyl sites for hydroxylation is 1. The number of carbonyl (C=O) groups excluding carboxylic acids is 2. The van der Waals surface area contributed by atoms with Crippen LogP contribution in [0.3, 0.4) is 0 Å². The van der Waals surface area contributed by atoms with Crippen LogP contribution in [-0.2, 0) is 11.2 Å². The Bertz CT molecular complexity index is 1200. The van der Waals surface area contributed by atoms with Crippen molar-refractivity contribution in [3.8, 4) is 11.5 Å². The van der Waals surface area contributed by atoms with Crippen LogP contribution in [0.15, 0.2) is 36.7 Å². The number of anilines is 1. The average molecular weight is 439 g/mol. The molecule has 0 radical (unpaired) electrons. The highest BCUT2D eigenvalue weighted by atomic mass is 19.1. The van der Waals surface area contributed by atoms with Gasteiger partial charge >= 0.3 is 0 Å². The van der Waals surface area contributed by atoms with Crippen LogP contribution in [0.4, 0.5) is 14.6 Å². The lowest BCUT2D eigenvalue weighted by Crippen LogP contribution is -2.21. The Hall–Kier alpha value is -3.49. The maximum atomic E-state index is 14.5. The molecule has 0 atom stereocenters. The second kappa shape index (κ2) is 8.22. The first-order chi connectivity index (χ1) is 15.2. The SMILES string of the molecule is Cc1cc(F)c(C(=O)Nc2cccc(-c3nncn3C(C)C)n2)cc1CC(=O)C1(F)CC1. The van der Waals surface area contributed by atoms with Gasteiger partial charge in [-0.15, -0.1) is 10.2 Å². The van der Waals surface area contributed by atoms with Crippen molar-refractivity contribution >= 4 is 17.5 Å². The minimum atomic E-state index is -1.77. The summed E-state index contributed by atoms with van der Waals surface area (Å²) in [6.45, 7) is 5.59. The minimum Gasteiger partial charge on any atom is -0.310 e. The topological polar surface area (TPSA) is 89.8 Å². The third kappa shape index (κ3) is 4.28. The molecular formula is C23H23F2N5O2. The summed E-state index contributed by atoms with van der Waals surface area (Å²) in [4.78, 5) is 29.3. The summed E-state index contributed by atoms with van der Waals surface area (Å²) < 4.78 is 30.4. The van der Waals surface area contributed by atoms with Crippen molar-refractivity contribution < 1.29 is 18.4 Å². The molecule has 3 aromatic rings. The molecule has 0 saturated heterocycles. The molecule has 1 saturated carbocycles. The number of Topliss-reactive ketones (excluding diaryl/α,β-unsaturated/α-hetero) is 1. The molecule has 1 N–H and O–H groups in total. The van der Waals surface area contributed by atoms with Crippen molar-refractivity contribution in [3.63, 3.8) is 0 Å². The number of hydrogen-bond donors (Lipinski definition) is 1. The highest BCUT2D eigenvalue weighted by Gasteiger charge is 2.50. The van der Waals surface area contributed by atoms with Crippen molar-refractivity contribution in [1.82, 2.24) is 19.7 Å². The molecule has 32 heavy (non-hydrogen) atoms. The Labute approximate surface area is 183 Å². The van der Waals surface area contributed by atoms with Gasteiger partial charge in [0.25, 0.3) is 5.91 Å². The van der Waals surface area contributed by atoms with Crippen molar-refractivity contribution in [1.29, 1.82) is 0 Å². The number of ketones is 1. The maximum absolute atomic E-state index is 14.5. The van der Waals surface area contributed by atoms with Gasteiger partial charge in [0, 0.05) is 12.5 Å². The molecule has 9 heteroatoms. The van der Waals surface area contributed by atoms with Gasteiger partial charge in [-0.2, -0.15) is 0 Å². The van der Waals surface area contributed by atoms with Crippen LogP contribution in [-0.4, -0.2) is 37.1 Å². The van der Waals surface area contributed by atoms with Crippen molar-refractivity contribution in [2.45, 2.75) is 51.7 Å². The zero-order valence-corrected chi connectivity index (χ0v) is 18.0. The van der Waals surface area contributed by atoms with Crippen LogP contribution in [0.1, 0.15) is 54.2 Å². The monoisotopic (exact) mass is 439 g/mol. The summed E-state index contributed by atoms with van der Waals surface area (Å²) in [5.74, 6) is -1.23. The van der Waals surface area contributed by atoms with Gasteiger partial charge in [-0.05, 0) is 69.0 Å². The zero-order valence-electron chi connectivity index (χ0n) is 18.0. The Kier molecular flexibility index (Phi) is 5.58. The second-order valence-electron chi connectivity index (χ2n) is 8.34. The van der Waals surface area contributed by atoms with E-state index in [1.807, 2.05) is 18.4 Å². The highest BCUT2D eigenvalue weighted by molar-refractivity contribution is 6.04. The molecule has 0 unspecified atom stereocenters. The molecule has 1 amide bonds. The second-order valence-corrected chi connectivity index (χ2v) is 8.34. The lowest BCUT2D eigenvalue weighted by molar-refractivity contribution is -0.124. The summed E-state index contributed by atoms with van der Waals surface area (Å²) in [5, 5.41) is 10.6. The quantitative estimate of drug-likeness (QED) is 0.595. The number of nitrogens with one attached hydrogen (secondary N) is 1. The van der Waals surface area contributed by atoms with E-state index in [0.717, 1.165) is 0 Å². The van der Waals surface area contributed by atoms with E-state index in [0.29, 0.717) is 22.6 Å². The number of pyridine rings is 1. The third-order valence-electron chi connectivity index (χ3n) is 5.56. The fourth-order valence-corrected chi connectivity index (χ4v) is 3.42. The predicted molar refractivity (Wildman–Crippen MR) is 115 cm³/mol. The van der Waals surface area contributed by atoms with E-state index in [9.17, 15) is 18.4 Å². The molecule has 0 bridgehead atoms. The number of rotatable bonds is 7. The molecule has 166 valence electrons. The predicted octanol–water partition coefficient (Wildman–Crippen LogP) is 4.23. The fraction of sp³-hybridized carbons (Fsp3) is 0.348. The zero-order chi connectivity index (χ0) is 23.0. The number of carbonyl (C=O) groups is 2. The van der Waals surface area contributed by atoms with Crippen molar-refractivity contribution in [2.24, 2.45) is 0 Å². The van der Waals surface area contributed by atoms with E-state index in [-0.39, 0.29) is 36.7 Å². The van der Waals surface area contributed by atoms with Crippen LogP contribution in [0.5, 0.6) is 0 Å². The van der Waals surface area contributed by atoms with Gasteiger partial charge in [0.05, 0.1) is 5.56 Å². The minimum absolute atomic E-state index is 0.113. The molecule has 0 spiro atoms. The molecule has 1 aromatic carbocycles. The number of benzene rings is 1. The first-order valence-electron chi connectivity index (χ1n) is 10.4. The first kappa shape index (κ1) is 21.7. The Morgan fingerprint density at radius 1 is 1.25 bits per heavy atom. The number of amides is 1. The maximum Gasteiger partial charge on any atom is 0.259 e. The van der Waals surface area contributed by atoms with Crippen LogP contribution in [0.25, 0.3) is 11.5 Å². The summed E-state index contributed by atoms with van der Waals surface area (Å²) in [6.07, 6.45) is 1.85. The van der Waals surface area contributed by atoms with Crippen LogP contribution < -0.4 is 5.32 Å². The Balaban J connectivity index is 1.57. The van der Waals surface area contributed by atoms with Gasteiger partial charge < -0.3 is 9.88 Å². The number of halogens is 2. The highest BCUT2D eigenvalue weighted by Crippen LogP contribution is 2.41. The molecule has 1 fully saturated rings. The van der Waals surface area contributed by atoms with Crippen molar-refractivity contribution in [3.05, 3.63) is 59.2 Å². The molecular weight excluding hydrogens is 416 g/mol. The number of nitrogens with zero attached hydrogens (tertiary/aromatic N) is 4. The van der Waals surface area contributed by atoms with Crippen molar-refractivity contribution in [2.75, 3.05) is 5.32 Å². The Morgan fingerprint density at radius 3 is 2.69 bits per heavy atom. The molecule has 0 aliphatic heterocycles. The molecule has 4 rings (SSSR count). The van der Waals surface area contributed by atoms with Gasteiger partial charge in [0.15, 0.2) is 17.3 Å². The van der Waals surface area contributed by atoms with Crippen LogP contribution in [0, 0.1) is 12.7 Å². The summed E-state index contributed by atoms with van der Waals surface area (Å²) in [7, 11) is 0. The Morgan fingerprint density at radius 2 is 2.00 bits per heavy atom. The fourth-order valence-electron chi connectivity index (χ4n) is 3.42. The molecule has 1 aliphatic carbocycles. The third-order valence-corrected chi connectivity index (χ3v) is 5.56. The number of hydrogen-bond acceptors (Lipinski definition) is 5. The van der Waals surface area contributed by atoms with E-state index in [1.165, 1.54) is 12.1 Å². The lowest BCUT2D eigenvalue weighted by Gasteiger charge is -2.12. The van der Waals surface area contributed by atoms with E-state index >= 15 is 0 Å². The molecule has 2 heterocycles. The van der Waals surface area contributed by atoms with Gasteiger partial charge in [0.2, 0.25) is 0 Å².